The van der Waals surface area contributed by atoms with Gasteiger partial charge in [-0.25, -0.2) is 0 Å². The van der Waals surface area contributed by atoms with Crippen molar-refractivity contribution in [3.05, 3.63) is 106 Å². The third-order valence-corrected chi connectivity index (χ3v) is 5.57. The van der Waals surface area contributed by atoms with Gasteiger partial charge in [0.2, 0.25) is 0 Å². The molecular weight excluding hydrogens is 382 g/mol. The van der Waals surface area contributed by atoms with Gasteiger partial charge in [0, 0.05) is 21.8 Å². The highest BCUT2D eigenvalue weighted by atomic mass is 35.5. The number of hydrogen-bond acceptors (Lipinski definition) is 2. The number of rotatable bonds is 3. The van der Waals surface area contributed by atoms with Crippen molar-refractivity contribution in [1.29, 1.82) is 0 Å². The molecule has 1 N–H and O–H groups in total. The second-order valence-electron chi connectivity index (χ2n) is 7.19. The van der Waals surface area contributed by atoms with E-state index in [0.717, 1.165) is 33.6 Å². The predicted octanol–water partition coefficient (Wildman–Crippen LogP) is 5.79. The summed E-state index contributed by atoms with van der Waals surface area (Å²) in [5, 5.41) is 8.14. The summed E-state index contributed by atoms with van der Waals surface area (Å²) >= 11 is 6.06. The predicted molar refractivity (Wildman–Crippen MR) is 115 cm³/mol. The summed E-state index contributed by atoms with van der Waals surface area (Å²) in [6.45, 7) is 2.04. The minimum absolute atomic E-state index is 0.0783. The largest absolute Gasteiger partial charge is 0.295 e. The van der Waals surface area contributed by atoms with Crippen molar-refractivity contribution in [3.8, 4) is 11.3 Å². The Labute approximate surface area is 173 Å². The van der Waals surface area contributed by atoms with Gasteiger partial charge in [0.1, 0.15) is 5.69 Å². The number of amides is 1. The van der Waals surface area contributed by atoms with E-state index in [1.807, 2.05) is 90.7 Å². The van der Waals surface area contributed by atoms with Gasteiger partial charge in [-0.1, -0.05) is 71.8 Å². The molecule has 0 fully saturated rings. The first-order chi connectivity index (χ1) is 14.1. The lowest BCUT2D eigenvalue weighted by Gasteiger charge is -2.26. The van der Waals surface area contributed by atoms with Gasteiger partial charge < -0.3 is 0 Å². The molecule has 4 aromatic rings. The quantitative estimate of drug-likeness (QED) is 0.474. The van der Waals surface area contributed by atoms with Gasteiger partial charge in [-0.2, -0.15) is 5.10 Å². The molecule has 5 rings (SSSR count). The number of fused-ring (bicyclic) bond motifs is 1. The first kappa shape index (κ1) is 17.7. The van der Waals surface area contributed by atoms with Gasteiger partial charge in [0.05, 0.1) is 11.7 Å². The Kier molecular flexibility index (Phi) is 4.22. The number of nitrogens with zero attached hydrogens (tertiary/aromatic N) is 2. The molecule has 1 aliphatic rings. The third kappa shape index (κ3) is 2.93. The van der Waals surface area contributed by atoms with Crippen molar-refractivity contribution in [3.63, 3.8) is 0 Å². The van der Waals surface area contributed by atoms with Gasteiger partial charge in [-0.3, -0.25) is 14.8 Å². The molecular formula is C24H18ClN3O. The Hall–Kier alpha value is -3.37. The molecule has 1 aromatic heterocycles. The molecule has 0 aliphatic carbocycles. The van der Waals surface area contributed by atoms with Crippen LogP contribution in [-0.4, -0.2) is 16.1 Å². The molecule has 1 amide bonds. The summed E-state index contributed by atoms with van der Waals surface area (Å²) in [4.78, 5) is 15.2. The van der Waals surface area contributed by atoms with Crippen LogP contribution in [0.25, 0.3) is 11.3 Å². The zero-order valence-electron chi connectivity index (χ0n) is 15.8. The van der Waals surface area contributed by atoms with Gasteiger partial charge in [0.25, 0.3) is 5.91 Å². The number of carbonyl (C=O) groups excluding carboxylic acids is 1. The fourth-order valence-corrected chi connectivity index (χ4v) is 4.02. The van der Waals surface area contributed by atoms with Gasteiger partial charge in [-0.05, 0) is 36.8 Å². The maximum Gasteiger partial charge on any atom is 0.277 e. The molecule has 1 unspecified atom stereocenters. The summed E-state index contributed by atoms with van der Waals surface area (Å²) in [5.74, 6) is -0.0783. The fourth-order valence-electron chi connectivity index (χ4n) is 3.90. The number of halogens is 1. The van der Waals surface area contributed by atoms with E-state index in [2.05, 4.69) is 10.2 Å². The number of aromatic nitrogens is 2. The third-order valence-electron chi connectivity index (χ3n) is 5.31. The molecule has 2 heterocycles. The van der Waals surface area contributed by atoms with Crippen LogP contribution in [-0.2, 0) is 0 Å². The summed E-state index contributed by atoms with van der Waals surface area (Å²) in [6, 6.07) is 25.4. The minimum atomic E-state index is -0.258. The van der Waals surface area contributed by atoms with Crippen LogP contribution in [0.4, 0.5) is 5.69 Å². The minimum Gasteiger partial charge on any atom is -0.295 e. The first-order valence-electron chi connectivity index (χ1n) is 9.43. The average Bonchev–Trinajstić information content (AvgIpc) is 3.29. The summed E-state index contributed by atoms with van der Waals surface area (Å²) < 4.78 is 0. The van der Waals surface area contributed by atoms with Crippen molar-refractivity contribution < 1.29 is 4.79 Å². The van der Waals surface area contributed by atoms with Crippen molar-refractivity contribution in [2.45, 2.75) is 13.0 Å². The maximum atomic E-state index is 13.4. The lowest BCUT2D eigenvalue weighted by molar-refractivity contribution is 0.0989. The molecule has 4 nitrogen and oxygen atoms in total. The molecule has 0 bridgehead atoms. The van der Waals surface area contributed by atoms with Crippen LogP contribution in [0.3, 0.4) is 0 Å². The van der Waals surface area contributed by atoms with E-state index in [1.165, 1.54) is 0 Å². The summed E-state index contributed by atoms with van der Waals surface area (Å²) in [6.07, 6.45) is 0. The zero-order valence-corrected chi connectivity index (χ0v) is 16.5. The van der Waals surface area contributed by atoms with E-state index in [9.17, 15) is 4.79 Å². The Balaban J connectivity index is 1.71. The van der Waals surface area contributed by atoms with Crippen molar-refractivity contribution in [2.24, 2.45) is 0 Å². The number of anilines is 1. The Morgan fingerprint density at radius 3 is 2.31 bits per heavy atom. The average molecular weight is 400 g/mol. The number of carbonyl (C=O) groups is 1. The van der Waals surface area contributed by atoms with Crippen LogP contribution in [0.5, 0.6) is 0 Å². The number of hydrogen-bond donors (Lipinski definition) is 1. The van der Waals surface area contributed by atoms with E-state index >= 15 is 0 Å². The second kappa shape index (κ2) is 6.90. The number of aromatic amines is 1. The molecule has 0 spiro atoms. The number of nitrogens with one attached hydrogen (secondary N) is 1. The molecule has 29 heavy (non-hydrogen) atoms. The topological polar surface area (TPSA) is 49.0 Å². The second-order valence-corrected chi connectivity index (χ2v) is 7.63. The highest BCUT2D eigenvalue weighted by Gasteiger charge is 2.42. The Morgan fingerprint density at radius 2 is 1.62 bits per heavy atom. The summed E-state index contributed by atoms with van der Waals surface area (Å²) in [5.41, 5.74) is 6.17. The number of H-pyrrole nitrogens is 1. The van der Waals surface area contributed by atoms with Gasteiger partial charge in [0.15, 0.2) is 0 Å². The van der Waals surface area contributed by atoms with Gasteiger partial charge >= 0.3 is 0 Å². The number of aryl methyl sites for hydroxylation is 1. The molecule has 0 radical (unpaired) electrons. The van der Waals surface area contributed by atoms with E-state index in [4.69, 9.17) is 11.6 Å². The van der Waals surface area contributed by atoms with Crippen LogP contribution < -0.4 is 4.90 Å². The van der Waals surface area contributed by atoms with E-state index < -0.39 is 0 Å². The van der Waals surface area contributed by atoms with Crippen LogP contribution in [0.1, 0.15) is 33.2 Å². The Morgan fingerprint density at radius 1 is 0.931 bits per heavy atom. The van der Waals surface area contributed by atoms with E-state index in [1.54, 1.807) is 0 Å². The molecule has 0 saturated carbocycles. The molecule has 0 saturated heterocycles. The SMILES string of the molecule is Cc1ccc(N2C(=O)c3[nH]nc(-c4ccc(Cl)cc4)c3C2c2ccccc2)cc1. The molecule has 3 aromatic carbocycles. The van der Waals surface area contributed by atoms with Crippen molar-refractivity contribution in [1.82, 2.24) is 10.2 Å². The summed E-state index contributed by atoms with van der Waals surface area (Å²) in [7, 11) is 0. The zero-order chi connectivity index (χ0) is 20.0. The first-order valence-corrected chi connectivity index (χ1v) is 9.80. The monoisotopic (exact) mass is 399 g/mol. The lowest BCUT2D eigenvalue weighted by Crippen LogP contribution is -2.29. The number of benzene rings is 3. The van der Waals surface area contributed by atoms with E-state index in [0.29, 0.717) is 10.7 Å². The normalized spacial score (nSPS) is 15.6. The van der Waals surface area contributed by atoms with E-state index in [-0.39, 0.29) is 11.9 Å². The van der Waals surface area contributed by atoms with Crippen LogP contribution in [0.15, 0.2) is 78.9 Å². The fraction of sp³-hybridized carbons (Fsp3) is 0.0833. The molecule has 5 heteroatoms. The van der Waals surface area contributed by atoms with Crippen LogP contribution >= 0.6 is 11.6 Å². The maximum absolute atomic E-state index is 13.4. The molecule has 1 atom stereocenters. The van der Waals surface area contributed by atoms with Gasteiger partial charge in [-0.15, -0.1) is 0 Å². The van der Waals surface area contributed by atoms with Crippen LogP contribution in [0.2, 0.25) is 5.02 Å². The van der Waals surface area contributed by atoms with Crippen LogP contribution in [0, 0.1) is 6.92 Å². The highest BCUT2D eigenvalue weighted by Crippen LogP contribution is 2.45. The van der Waals surface area contributed by atoms with Crippen molar-refractivity contribution >= 4 is 23.2 Å². The highest BCUT2D eigenvalue weighted by molar-refractivity contribution is 6.30. The lowest BCUT2D eigenvalue weighted by atomic mass is 9.96. The Bertz CT molecular complexity index is 1180. The molecule has 1 aliphatic heterocycles. The smallest absolute Gasteiger partial charge is 0.277 e. The standard InChI is InChI=1S/C24H18ClN3O/c1-15-7-13-19(14-8-15)28-23(17-5-3-2-4-6-17)20-21(26-27-22(20)24(28)29)16-9-11-18(25)12-10-16/h2-14,23H,1H3,(H,26,27). The van der Waals surface area contributed by atoms with Crippen molar-refractivity contribution in [2.75, 3.05) is 4.90 Å². The molecule has 142 valence electrons.